The highest BCUT2D eigenvalue weighted by Gasteiger charge is 2.30. The van der Waals surface area contributed by atoms with Gasteiger partial charge in [-0.05, 0) is 52.1 Å². The van der Waals surface area contributed by atoms with Gasteiger partial charge >= 0.3 is 12.1 Å². The number of rotatable bonds is 10. The second-order valence-corrected chi connectivity index (χ2v) is 10.4. The molecular formula is C32H27Cl2NO6. The Morgan fingerprint density at radius 3 is 2.15 bits per heavy atom. The number of amides is 1. The molecule has 1 aliphatic rings. The first-order valence-electron chi connectivity index (χ1n) is 12.9. The molecule has 1 atom stereocenters. The maximum absolute atomic E-state index is 12.8. The lowest BCUT2D eigenvalue weighted by Gasteiger charge is -2.18. The summed E-state index contributed by atoms with van der Waals surface area (Å²) < 4.78 is 16.8. The molecule has 2 N–H and O–H groups in total. The van der Waals surface area contributed by atoms with Crippen molar-refractivity contribution in [3.05, 3.63) is 117 Å². The number of fused-ring (bicyclic) bond motifs is 3. The molecule has 4 aromatic carbocycles. The Balaban J connectivity index is 1.25. The van der Waals surface area contributed by atoms with Gasteiger partial charge in [-0.2, -0.15) is 0 Å². The molecule has 4 aromatic rings. The summed E-state index contributed by atoms with van der Waals surface area (Å²) in [6.45, 7) is 0.166. The highest BCUT2D eigenvalue weighted by Crippen LogP contribution is 2.44. The van der Waals surface area contributed by atoms with E-state index in [1.165, 1.54) is 7.11 Å². The largest absolute Gasteiger partial charge is 0.496 e. The van der Waals surface area contributed by atoms with Gasteiger partial charge in [-0.25, -0.2) is 9.59 Å². The Labute approximate surface area is 247 Å². The third-order valence-electron chi connectivity index (χ3n) is 7.01. The quantitative estimate of drug-likeness (QED) is 0.204. The van der Waals surface area contributed by atoms with Crippen LogP contribution >= 0.6 is 23.2 Å². The zero-order valence-electron chi connectivity index (χ0n) is 22.1. The molecule has 1 amide bonds. The maximum atomic E-state index is 12.8. The summed E-state index contributed by atoms with van der Waals surface area (Å²) in [6, 6.07) is 25.1. The van der Waals surface area contributed by atoms with E-state index >= 15 is 0 Å². The fraction of sp³-hybridized carbons (Fsp3) is 0.188. The minimum Gasteiger partial charge on any atom is -0.496 e. The standard InChI is InChI=1S/C32H27Cl2NO6/c1-39-29-14-13-19(15-20(29)17-40-30-26(33)11-6-12-27(30)34)16-28(31(36)37)35-32(38)41-18-25-23-9-4-2-7-21(23)22-8-3-5-10-24(22)25/h2-15,25,28H,16-18H2,1H3,(H,35,38)(H,36,37). The van der Waals surface area contributed by atoms with Gasteiger partial charge in [0.25, 0.3) is 0 Å². The number of aliphatic carboxylic acids is 1. The monoisotopic (exact) mass is 591 g/mol. The summed E-state index contributed by atoms with van der Waals surface area (Å²) in [5.41, 5.74) is 5.67. The van der Waals surface area contributed by atoms with E-state index < -0.39 is 18.1 Å². The molecule has 9 heteroatoms. The molecule has 1 aliphatic carbocycles. The van der Waals surface area contributed by atoms with Crippen molar-refractivity contribution in [2.45, 2.75) is 25.0 Å². The van der Waals surface area contributed by atoms with Gasteiger partial charge in [-0.1, -0.05) is 83.9 Å². The van der Waals surface area contributed by atoms with Gasteiger partial charge in [0.05, 0.1) is 17.2 Å². The minimum atomic E-state index is -1.22. The summed E-state index contributed by atoms with van der Waals surface area (Å²) in [5, 5.41) is 13.1. The van der Waals surface area contributed by atoms with E-state index in [9.17, 15) is 14.7 Å². The highest BCUT2D eigenvalue weighted by molar-refractivity contribution is 6.37. The van der Waals surface area contributed by atoms with Crippen LogP contribution in [0.5, 0.6) is 11.5 Å². The van der Waals surface area contributed by atoms with E-state index in [-0.39, 0.29) is 25.6 Å². The number of carbonyl (C=O) groups excluding carboxylic acids is 1. The molecule has 210 valence electrons. The van der Waals surface area contributed by atoms with Crippen LogP contribution in [0.2, 0.25) is 10.0 Å². The van der Waals surface area contributed by atoms with Gasteiger partial charge in [-0.15, -0.1) is 0 Å². The third-order valence-corrected chi connectivity index (χ3v) is 7.60. The van der Waals surface area contributed by atoms with Crippen LogP contribution in [-0.2, 0) is 22.6 Å². The zero-order chi connectivity index (χ0) is 28.9. The van der Waals surface area contributed by atoms with E-state index in [0.717, 1.165) is 22.3 Å². The summed E-state index contributed by atoms with van der Waals surface area (Å²) in [4.78, 5) is 24.8. The Hall–Kier alpha value is -4.20. The van der Waals surface area contributed by atoms with Gasteiger partial charge in [0.2, 0.25) is 0 Å². The lowest BCUT2D eigenvalue weighted by molar-refractivity contribution is -0.139. The second kappa shape index (κ2) is 12.5. The van der Waals surface area contributed by atoms with Crippen LogP contribution in [0.4, 0.5) is 4.79 Å². The summed E-state index contributed by atoms with van der Waals surface area (Å²) in [5.74, 6) is -0.431. The first-order chi connectivity index (χ1) is 19.9. The van der Waals surface area contributed by atoms with Crippen LogP contribution in [0, 0.1) is 0 Å². The maximum Gasteiger partial charge on any atom is 0.407 e. The van der Waals surface area contributed by atoms with Gasteiger partial charge in [0.1, 0.15) is 25.0 Å². The normalized spacial score (nSPS) is 12.7. The molecule has 0 saturated heterocycles. The van der Waals surface area contributed by atoms with E-state index in [4.69, 9.17) is 37.4 Å². The van der Waals surface area contributed by atoms with Crippen LogP contribution < -0.4 is 14.8 Å². The molecule has 7 nitrogen and oxygen atoms in total. The van der Waals surface area contributed by atoms with E-state index in [1.54, 1.807) is 36.4 Å². The number of hydrogen-bond acceptors (Lipinski definition) is 5. The Morgan fingerprint density at radius 1 is 0.902 bits per heavy atom. The lowest BCUT2D eigenvalue weighted by atomic mass is 9.98. The molecule has 0 fully saturated rings. The number of nitrogens with one attached hydrogen (secondary N) is 1. The first kappa shape index (κ1) is 28.3. The van der Waals surface area contributed by atoms with Crippen LogP contribution in [0.15, 0.2) is 84.9 Å². The number of alkyl carbamates (subject to hydrolysis) is 1. The molecule has 0 aromatic heterocycles. The molecule has 5 rings (SSSR count). The highest BCUT2D eigenvalue weighted by atomic mass is 35.5. The summed E-state index contributed by atoms with van der Waals surface area (Å²) >= 11 is 12.4. The van der Waals surface area contributed by atoms with Crippen LogP contribution in [0.25, 0.3) is 11.1 Å². The average Bonchev–Trinajstić information content (AvgIpc) is 3.29. The number of halogens is 2. The van der Waals surface area contributed by atoms with Crippen molar-refractivity contribution in [1.82, 2.24) is 5.32 Å². The van der Waals surface area contributed by atoms with Crippen molar-refractivity contribution in [3.63, 3.8) is 0 Å². The fourth-order valence-electron chi connectivity index (χ4n) is 5.06. The number of carboxylic acids is 1. The third kappa shape index (κ3) is 6.26. The lowest BCUT2D eigenvalue weighted by Crippen LogP contribution is -2.42. The predicted molar refractivity (Wildman–Crippen MR) is 157 cm³/mol. The Morgan fingerprint density at radius 2 is 1.54 bits per heavy atom. The summed E-state index contributed by atoms with van der Waals surface area (Å²) in [7, 11) is 1.53. The number of methoxy groups -OCH3 is 1. The molecule has 0 saturated carbocycles. The summed E-state index contributed by atoms with van der Waals surface area (Å²) in [6.07, 6.45) is -0.784. The number of carbonyl (C=O) groups is 2. The van der Waals surface area contributed by atoms with Crippen molar-refractivity contribution in [1.29, 1.82) is 0 Å². The van der Waals surface area contributed by atoms with E-state index in [2.05, 4.69) is 5.32 Å². The fourth-order valence-corrected chi connectivity index (χ4v) is 5.57. The average molecular weight is 592 g/mol. The molecule has 41 heavy (non-hydrogen) atoms. The number of para-hydroxylation sites is 1. The Kier molecular flexibility index (Phi) is 8.67. The second-order valence-electron chi connectivity index (χ2n) is 9.55. The van der Waals surface area contributed by atoms with Crippen molar-refractivity contribution in [3.8, 4) is 22.6 Å². The zero-order valence-corrected chi connectivity index (χ0v) is 23.6. The first-order valence-corrected chi connectivity index (χ1v) is 13.7. The van der Waals surface area contributed by atoms with Gasteiger partial charge in [0.15, 0.2) is 5.75 Å². The van der Waals surface area contributed by atoms with Crippen molar-refractivity contribution >= 4 is 35.3 Å². The topological polar surface area (TPSA) is 94.1 Å². The molecule has 1 unspecified atom stereocenters. The molecule has 0 radical (unpaired) electrons. The number of benzene rings is 4. The van der Waals surface area contributed by atoms with Crippen LogP contribution in [0.3, 0.4) is 0 Å². The molecule has 0 bridgehead atoms. The Bertz CT molecular complexity index is 1520. The minimum absolute atomic E-state index is 0.0172. The molecular weight excluding hydrogens is 565 g/mol. The number of hydrogen-bond donors (Lipinski definition) is 2. The van der Waals surface area contributed by atoms with Crippen LogP contribution in [-0.4, -0.2) is 36.9 Å². The number of ether oxygens (including phenoxy) is 3. The number of carboxylic acid groups (broad SMARTS) is 1. The SMILES string of the molecule is COc1ccc(CC(NC(=O)OCC2c3ccccc3-c3ccccc32)C(=O)O)cc1COc1c(Cl)cccc1Cl. The van der Waals surface area contributed by atoms with E-state index in [0.29, 0.717) is 32.7 Å². The van der Waals surface area contributed by atoms with Crippen molar-refractivity contribution in [2.24, 2.45) is 0 Å². The molecule has 0 aliphatic heterocycles. The van der Waals surface area contributed by atoms with Gasteiger partial charge in [0, 0.05) is 17.9 Å². The van der Waals surface area contributed by atoms with E-state index in [1.807, 2.05) is 48.5 Å². The van der Waals surface area contributed by atoms with Crippen molar-refractivity contribution in [2.75, 3.05) is 13.7 Å². The molecule has 0 spiro atoms. The van der Waals surface area contributed by atoms with Crippen LogP contribution in [0.1, 0.15) is 28.2 Å². The van der Waals surface area contributed by atoms with Gasteiger partial charge < -0.3 is 24.6 Å². The van der Waals surface area contributed by atoms with Crippen molar-refractivity contribution < 1.29 is 28.9 Å². The smallest absolute Gasteiger partial charge is 0.407 e. The predicted octanol–water partition coefficient (Wildman–Crippen LogP) is 7.12. The van der Waals surface area contributed by atoms with Gasteiger partial charge in [-0.3, -0.25) is 0 Å². The molecule has 0 heterocycles.